The van der Waals surface area contributed by atoms with Crippen LogP contribution in [0.2, 0.25) is 0 Å². The zero-order valence-corrected chi connectivity index (χ0v) is 16.0. The van der Waals surface area contributed by atoms with Crippen molar-refractivity contribution in [2.24, 2.45) is 0 Å². The largest absolute Gasteiger partial charge is 0.494 e. The van der Waals surface area contributed by atoms with Crippen LogP contribution in [0.25, 0.3) is 0 Å². The van der Waals surface area contributed by atoms with E-state index in [1.807, 2.05) is 0 Å². The van der Waals surface area contributed by atoms with E-state index in [4.69, 9.17) is 4.74 Å². The number of nitrogens with one attached hydrogen (secondary N) is 1. The number of hydrogen-bond acceptors (Lipinski definition) is 4. The quantitative estimate of drug-likeness (QED) is 0.762. The van der Waals surface area contributed by atoms with Crippen molar-refractivity contribution < 1.29 is 26.3 Å². The number of hydrogen-bond donors (Lipinski definition) is 1. The molecule has 0 aliphatic heterocycles. The van der Waals surface area contributed by atoms with Crippen LogP contribution in [0.15, 0.2) is 47.4 Å². The second-order valence-corrected chi connectivity index (χ2v) is 8.08. The Hall–Kier alpha value is -2.26. The molecular formula is C18H21F3N2O3S. The van der Waals surface area contributed by atoms with Crippen LogP contribution < -0.4 is 10.1 Å². The average molecular weight is 402 g/mol. The number of rotatable bonds is 7. The summed E-state index contributed by atoms with van der Waals surface area (Å²) in [6.07, 6.45) is -4.55. The number of anilines is 1. The molecule has 0 spiro atoms. The number of halogens is 3. The van der Waals surface area contributed by atoms with E-state index in [0.29, 0.717) is 5.56 Å². The van der Waals surface area contributed by atoms with E-state index in [1.165, 1.54) is 38.4 Å². The summed E-state index contributed by atoms with van der Waals surface area (Å²) in [6.45, 7) is 1.99. The van der Waals surface area contributed by atoms with Crippen LogP contribution in [-0.2, 0) is 22.7 Å². The van der Waals surface area contributed by atoms with Crippen molar-refractivity contribution in [3.8, 4) is 5.75 Å². The van der Waals surface area contributed by atoms with Gasteiger partial charge in [0, 0.05) is 26.3 Å². The highest BCUT2D eigenvalue weighted by molar-refractivity contribution is 7.89. The van der Waals surface area contributed by atoms with E-state index in [9.17, 15) is 21.6 Å². The van der Waals surface area contributed by atoms with E-state index >= 15 is 0 Å². The SMILES string of the molecule is CCOc1ccc(NCc2cccc(S(=O)(=O)N(C)C)c2)c(C(F)(F)F)c1. The van der Waals surface area contributed by atoms with Gasteiger partial charge in [-0.15, -0.1) is 0 Å². The number of benzene rings is 2. The molecule has 2 aromatic rings. The lowest BCUT2D eigenvalue weighted by Crippen LogP contribution is -2.22. The van der Waals surface area contributed by atoms with Crippen molar-refractivity contribution in [3.05, 3.63) is 53.6 Å². The number of sulfonamides is 1. The fraction of sp³-hybridized carbons (Fsp3) is 0.333. The summed E-state index contributed by atoms with van der Waals surface area (Å²) in [5, 5.41) is 2.73. The maximum absolute atomic E-state index is 13.3. The molecule has 0 radical (unpaired) electrons. The molecule has 0 amide bonds. The Balaban J connectivity index is 2.27. The Morgan fingerprint density at radius 3 is 2.41 bits per heavy atom. The van der Waals surface area contributed by atoms with E-state index in [2.05, 4.69) is 5.32 Å². The third-order valence-corrected chi connectivity index (χ3v) is 5.58. The molecule has 2 aromatic carbocycles. The maximum Gasteiger partial charge on any atom is 0.418 e. The highest BCUT2D eigenvalue weighted by Crippen LogP contribution is 2.37. The van der Waals surface area contributed by atoms with Gasteiger partial charge in [-0.1, -0.05) is 12.1 Å². The fourth-order valence-electron chi connectivity index (χ4n) is 2.39. The molecule has 9 heteroatoms. The summed E-state index contributed by atoms with van der Waals surface area (Å²) < 4.78 is 70.6. The van der Waals surface area contributed by atoms with E-state index in [1.54, 1.807) is 19.1 Å². The smallest absolute Gasteiger partial charge is 0.418 e. The van der Waals surface area contributed by atoms with Crippen LogP contribution in [0.4, 0.5) is 18.9 Å². The van der Waals surface area contributed by atoms with Gasteiger partial charge < -0.3 is 10.1 Å². The number of ether oxygens (including phenoxy) is 1. The Morgan fingerprint density at radius 2 is 1.81 bits per heavy atom. The van der Waals surface area contributed by atoms with E-state index in [-0.39, 0.29) is 29.5 Å². The molecule has 0 saturated carbocycles. The standard InChI is InChI=1S/C18H21F3N2O3S/c1-4-26-14-8-9-17(16(11-14)18(19,20)21)22-12-13-6-5-7-15(10-13)27(24,25)23(2)3/h5-11,22H,4,12H2,1-3H3. The molecule has 27 heavy (non-hydrogen) atoms. The first-order valence-electron chi connectivity index (χ1n) is 8.15. The van der Waals surface area contributed by atoms with Gasteiger partial charge in [0.15, 0.2) is 0 Å². The molecule has 0 fully saturated rings. The first-order chi connectivity index (χ1) is 12.6. The average Bonchev–Trinajstić information content (AvgIpc) is 2.60. The third-order valence-electron chi connectivity index (χ3n) is 3.77. The summed E-state index contributed by atoms with van der Waals surface area (Å²) in [4.78, 5) is 0.0783. The van der Waals surface area contributed by atoms with Crippen LogP contribution in [0.3, 0.4) is 0 Å². The molecule has 1 N–H and O–H groups in total. The van der Waals surface area contributed by atoms with Gasteiger partial charge >= 0.3 is 6.18 Å². The lowest BCUT2D eigenvalue weighted by Gasteiger charge is -2.17. The van der Waals surface area contributed by atoms with Gasteiger partial charge in [0.25, 0.3) is 0 Å². The minimum Gasteiger partial charge on any atom is -0.494 e. The van der Waals surface area contributed by atoms with Crippen LogP contribution in [0.5, 0.6) is 5.75 Å². The van der Waals surface area contributed by atoms with Gasteiger partial charge in [-0.05, 0) is 42.8 Å². The lowest BCUT2D eigenvalue weighted by molar-refractivity contribution is -0.137. The Labute approximate surface area is 156 Å². The van der Waals surface area contributed by atoms with Crippen LogP contribution in [0.1, 0.15) is 18.1 Å². The second-order valence-electron chi connectivity index (χ2n) is 5.93. The normalized spacial score (nSPS) is 12.3. The summed E-state index contributed by atoms with van der Waals surface area (Å²) in [7, 11) is -0.792. The van der Waals surface area contributed by atoms with Crippen molar-refractivity contribution in [3.63, 3.8) is 0 Å². The first-order valence-corrected chi connectivity index (χ1v) is 9.59. The monoisotopic (exact) mass is 402 g/mol. The summed E-state index contributed by atoms with van der Waals surface area (Å²) >= 11 is 0. The van der Waals surface area contributed by atoms with Gasteiger partial charge in [-0.2, -0.15) is 13.2 Å². The fourth-order valence-corrected chi connectivity index (χ4v) is 3.36. The van der Waals surface area contributed by atoms with Gasteiger partial charge in [-0.25, -0.2) is 12.7 Å². The highest BCUT2D eigenvalue weighted by atomic mass is 32.2. The van der Waals surface area contributed by atoms with Crippen LogP contribution >= 0.6 is 0 Å². The minimum absolute atomic E-state index is 0.0356. The topological polar surface area (TPSA) is 58.6 Å². The second kappa shape index (κ2) is 8.18. The summed E-state index contributed by atoms with van der Waals surface area (Å²) in [5.41, 5.74) is -0.405. The molecule has 148 valence electrons. The molecule has 0 unspecified atom stereocenters. The summed E-state index contributed by atoms with van der Waals surface area (Å²) in [5.74, 6) is 0.134. The lowest BCUT2D eigenvalue weighted by atomic mass is 10.1. The molecule has 0 heterocycles. The molecular weight excluding hydrogens is 381 g/mol. The predicted octanol–water partition coefficient (Wildman–Crippen LogP) is 3.97. The van der Waals surface area contributed by atoms with Gasteiger partial charge in [0.2, 0.25) is 10.0 Å². The number of nitrogens with zero attached hydrogens (tertiary/aromatic N) is 1. The van der Waals surface area contributed by atoms with Gasteiger partial charge in [0.05, 0.1) is 17.1 Å². The van der Waals surface area contributed by atoms with Gasteiger partial charge in [-0.3, -0.25) is 0 Å². The van der Waals surface area contributed by atoms with E-state index in [0.717, 1.165) is 10.4 Å². The van der Waals surface area contributed by atoms with Crippen molar-refractivity contribution in [1.29, 1.82) is 0 Å². The van der Waals surface area contributed by atoms with Crippen molar-refractivity contribution in [2.45, 2.75) is 24.5 Å². The predicted molar refractivity (Wildman–Crippen MR) is 97.3 cm³/mol. The molecule has 0 aromatic heterocycles. The molecule has 0 atom stereocenters. The molecule has 0 saturated heterocycles. The molecule has 0 bridgehead atoms. The van der Waals surface area contributed by atoms with Crippen molar-refractivity contribution in [2.75, 3.05) is 26.0 Å². The molecule has 2 rings (SSSR count). The van der Waals surface area contributed by atoms with Crippen LogP contribution in [0, 0.1) is 0 Å². The zero-order chi connectivity index (χ0) is 20.2. The molecule has 0 aliphatic carbocycles. The molecule has 0 aliphatic rings. The third kappa shape index (κ3) is 5.14. The molecule has 5 nitrogen and oxygen atoms in total. The van der Waals surface area contributed by atoms with Crippen molar-refractivity contribution >= 4 is 15.7 Å². The Morgan fingerprint density at radius 1 is 1.11 bits per heavy atom. The Kier molecular flexibility index (Phi) is 6.38. The van der Waals surface area contributed by atoms with Gasteiger partial charge in [0.1, 0.15) is 5.75 Å². The Bertz CT molecular complexity index is 897. The highest BCUT2D eigenvalue weighted by Gasteiger charge is 2.34. The zero-order valence-electron chi connectivity index (χ0n) is 15.2. The van der Waals surface area contributed by atoms with E-state index < -0.39 is 21.8 Å². The minimum atomic E-state index is -4.55. The maximum atomic E-state index is 13.3. The number of alkyl halides is 3. The first kappa shape index (κ1) is 21.0. The van der Waals surface area contributed by atoms with Crippen LogP contribution in [-0.4, -0.2) is 33.4 Å². The van der Waals surface area contributed by atoms with Crippen molar-refractivity contribution in [1.82, 2.24) is 4.31 Å². The summed E-state index contributed by atoms with van der Waals surface area (Å²) in [6, 6.07) is 9.77.